The lowest BCUT2D eigenvalue weighted by molar-refractivity contribution is -0.141. The van der Waals surface area contributed by atoms with Crippen LogP contribution in [-0.4, -0.2) is 43.6 Å². The number of rotatable bonds is 4. The molecule has 1 aliphatic heterocycles. The molecule has 154 valence electrons. The van der Waals surface area contributed by atoms with Gasteiger partial charge in [-0.2, -0.15) is 27.8 Å². The Morgan fingerprint density at radius 1 is 1.10 bits per heavy atom. The van der Waals surface area contributed by atoms with Crippen LogP contribution in [0.4, 0.5) is 19.0 Å². The van der Waals surface area contributed by atoms with Crippen molar-refractivity contribution in [3.8, 4) is 0 Å². The number of aromatic nitrogens is 4. The molecule has 3 heterocycles. The molecule has 1 saturated heterocycles. The summed E-state index contributed by atoms with van der Waals surface area (Å²) in [5.74, 6) is 0.155. The molecule has 4 rings (SSSR count). The number of halogens is 5. The largest absolute Gasteiger partial charge is 0.433 e. The molecule has 1 aliphatic rings. The molecule has 0 atom stereocenters. The van der Waals surface area contributed by atoms with Gasteiger partial charge >= 0.3 is 6.18 Å². The molecule has 0 radical (unpaired) electrons. The van der Waals surface area contributed by atoms with E-state index >= 15 is 0 Å². The zero-order chi connectivity index (χ0) is 20.6. The van der Waals surface area contributed by atoms with E-state index in [1.54, 1.807) is 6.07 Å². The minimum atomic E-state index is -4.55. The molecule has 0 bridgehead atoms. The first-order valence-electron chi connectivity index (χ1n) is 9.00. The monoisotopic (exact) mass is 444 g/mol. The van der Waals surface area contributed by atoms with Crippen LogP contribution in [0.5, 0.6) is 0 Å². The number of nitrogens with zero attached hydrogens (tertiary/aromatic N) is 5. The number of alkyl halides is 3. The van der Waals surface area contributed by atoms with Crippen LogP contribution in [0.1, 0.15) is 24.1 Å². The Morgan fingerprint density at radius 2 is 1.86 bits per heavy atom. The summed E-state index contributed by atoms with van der Waals surface area (Å²) in [6.07, 6.45) is -1.80. The Kier molecular flexibility index (Phi) is 5.54. The van der Waals surface area contributed by atoms with Gasteiger partial charge in [-0.25, -0.2) is 4.98 Å². The number of nitrogens with one attached hydrogen (secondary N) is 1. The van der Waals surface area contributed by atoms with Gasteiger partial charge in [0, 0.05) is 31.7 Å². The van der Waals surface area contributed by atoms with E-state index in [0.717, 1.165) is 44.1 Å². The zero-order valence-corrected chi connectivity index (χ0v) is 16.6. The molecule has 0 aliphatic carbocycles. The Balaban J connectivity index is 1.42. The second-order valence-corrected chi connectivity index (χ2v) is 7.75. The second-order valence-electron chi connectivity index (χ2n) is 6.94. The summed E-state index contributed by atoms with van der Waals surface area (Å²) >= 11 is 12.0. The Hall–Kier alpha value is -2.10. The SMILES string of the molecule is FC(F)(F)c1cc(NC2CCN(Cc3ccc(Cl)c(Cl)c3)CC2)n2ncnc2n1. The summed E-state index contributed by atoms with van der Waals surface area (Å²) in [5.41, 5.74) is 0.0802. The molecule has 1 aromatic carbocycles. The summed E-state index contributed by atoms with van der Waals surface area (Å²) in [5, 5.41) is 8.20. The molecule has 0 saturated carbocycles. The van der Waals surface area contributed by atoms with Gasteiger partial charge < -0.3 is 5.32 Å². The van der Waals surface area contributed by atoms with Crippen molar-refractivity contribution in [2.75, 3.05) is 18.4 Å². The first kappa shape index (κ1) is 20.2. The van der Waals surface area contributed by atoms with Gasteiger partial charge in [-0.15, -0.1) is 0 Å². The van der Waals surface area contributed by atoms with Crippen molar-refractivity contribution >= 4 is 34.8 Å². The molecule has 1 N–H and O–H groups in total. The molecule has 6 nitrogen and oxygen atoms in total. The molecule has 11 heteroatoms. The van der Waals surface area contributed by atoms with E-state index in [1.807, 2.05) is 12.1 Å². The van der Waals surface area contributed by atoms with E-state index in [2.05, 4.69) is 25.3 Å². The van der Waals surface area contributed by atoms with Crippen molar-refractivity contribution in [3.63, 3.8) is 0 Å². The average Bonchev–Trinajstić information content (AvgIpc) is 3.15. The molecule has 2 aromatic heterocycles. The van der Waals surface area contributed by atoms with E-state index in [9.17, 15) is 13.2 Å². The van der Waals surface area contributed by atoms with Gasteiger partial charge in [0.2, 0.25) is 0 Å². The van der Waals surface area contributed by atoms with Crippen LogP contribution in [0.25, 0.3) is 5.78 Å². The standard InChI is InChI=1S/C18H17Cl2F3N6/c19-13-2-1-11(7-14(13)20)9-28-5-3-12(4-6-28)26-16-8-15(18(21,22)23)27-17-24-10-25-29(16)17/h1-2,7-8,10,12,26H,3-6,9H2. The fourth-order valence-electron chi connectivity index (χ4n) is 3.40. The minimum absolute atomic E-state index is 0.0240. The van der Waals surface area contributed by atoms with E-state index in [-0.39, 0.29) is 17.6 Å². The lowest BCUT2D eigenvalue weighted by atomic mass is 10.0. The Morgan fingerprint density at radius 3 is 2.55 bits per heavy atom. The molecule has 3 aromatic rings. The quantitative estimate of drug-likeness (QED) is 0.640. The van der Waals surface area contributed by atoms with Gasteiger partial charge in [-0.1, -0.05) is 29.3 Å². The fraction of sp³-hybridized carbons (Fsp3) is 0.389. The van der Waals surface area contributed by atoms with Gasteiger partial charge in [0.1, 0.15) is 12.1 Å². The highest BCUT2D eigenvalue weighted by atomic mass is 35.5. The highest BCUT2D eigenvalue weighted by molar-refractivity contribution is 6.42. The number of likely N-dealkylation sites (tertiary alicyclic amines) is 1. The van der Waals surface area contributed by atoms with Crippen molar-refractivity contribution in [1.82, 2.24) is 24.5 Å². The highest BCUT2D eigenvalue weighted by Gasteiger charge is 2.34. The number of hydrogen-bond donors (Lipinski definition) is 1. The van der Waals surface area contributed by atoms with Crippen LogP contribution in [0, 0.1) is 0 Å². The number of fused-ring (bicyclic) bond motifs is 1. The molecular weight excluding hydrogens is 428 g/mol. The topological polar surface area (TPSA) is 58.4 Å². The van der Waals surface area contributed by atoms with Crippen molar-refractivity contribution in [2.45, 2.75) is 31.6 Å². The van der Waals surface area contributed by atoms with E-state index < -0.39 is 11.9 Å². The van der Waals surface area contributed by atoms with Crippen molar-refractivity contribution in [3.05, 3.63) is 51.9 Å². The van der Waals surface area contributed by atoms with Gasteiger partial charge in [0.15, 0.2) is 5.69 Å². The molecule has 0 amide bonds. The third-order valence-corrected chi connectivity index (χ3v) is 5.61. The van der Waals surface area contributed by atoms with Crippen molar-refractivity contribution in [2.24, 2.45) is 0 Å². The van der Waals surface area contributed by atoms with Gasteiger partial charge in [0.25, 0.3) is 5.78 Å². The molecule has 1 fully saturated rings. The lowest BCUT2D eigenvalue weighted by Crippen LogP contribution is -2.39. The number of benzene rings is 1. The van der Waals surface area contributed by atoms with Crippen LogP contribution >= 0.6 is 23.2 Å². The fourth-order valence-corrected chi connectivity index (χ4v) is 3.72. The summed E-state index contributed by atoms with van der Waals surface area (Å²) in [4.78, 5) is 9.59. The third-order valence-electron chi connectivity index (χ3n) is 4.87. The van der Waals surface area contributed by atoms with Crippen LogP contribution < -0.4 is 5.32 Å². The van der Waals surface area contributed by atoms with Gasteiger partial charge in [-0.3, -0.25) is 4.90 Å². The van der Waals surface area contributed by atoms with Crippen LogP contribution in [0.3, 0.4) is 0 Å². The molecular formula is C18H17Cl2F3N6. The zero-order valence-electron chi connectivity index (χ0n) is 15.1. The summed E-state index contributed by atoms with van der Waals surface area (Å²) in [7, 11) is 0. The van der Waals surface area contributed by atoms with E-state index in [4.69, 9.17) is 23.2 Å². The smallest absolute Gasteiger partial charge is 0.367 e. The third kappa shape index (κ3) is 4.57. The van der Waals surface area contributed by atoms with Crippen molar-refractivity contribution in [1.29, 1.82) is 0 Å². The minimum Gasteiger partial charge on any atom is -0.367 e. The number of piperidine rings is 1. The van der Waals surface area contributed by atoms with Crippen LogP contribution in [0.2, 0.25) is 10.0 Å². The predicted octanol–water partition coefficient (Wildman–Crippen LogP) is 4.53. The van der Waals surface area contributed by atoms with E-state index in [1.165, 1.54) is 10.8 Å². The van der Waals surface area contributed by atoms with E-state index in [0.29, 0.717) is 10.0 Å². The second kappa shape index (κ2) is 7.97. The maximum Gasteiger partial charge on any atom is 0.433 e. The summed E-state index contributed by atoms with van der Waals surface area (Å²) in [6.45, 7) is 2.34. The average molecular weight is 445 g/mol. The normalized spacial score (nSPS) is 16.4. The first-order valence-corrected chi connectivity index (χ1v) is 9.76. The Bertz CT molecular complexity index is 1010. The summed E-state index contributed by atoms with van der Waals surface area (Å²) < 4.78 is 40.6. The maximum absolute atomic E-state index is 13.1. The maximum atomic E-state index is 13.1. The predicted molar refractivity (Wildman–Crippen MR) is 104 cm³/mol. The molecule has 0 unspecified atom stereocenters. The highest BCUT2D eigenvalue weighted by Crippen LogP contribution is 2.30. The van der Waals surface area contributed by atoms with Gasteiger partial charge in [-0.05, 0) is 30.5 Å². The number of anilines is 1. The van der Waals surface area contributed by atoms with Crippen LogP contribution in [0.15, 0.2) is 30.6 Å². The van der Waals surface area contributed by atoms with Crippen LogP contribution in [-0.2, 0) is 12.7 Å². The van der Waals surface area contributed by atoms with Gasteiger partial charge in [0.05, 0.1) is 10.0 Å². The molecule has 0 spiro atoms. The first-order chi connectivity index (χ1) is 13.8. The summed E-state index contributed by atoms with van der Waals surface area (Å²) in [6, 6.07) is 6.57. The Labute approximate surface area is 174 Å². The number of hydrogen-bond acceptors (Lipinski definition) is 5. The van der Waals surface area contributed by atoms with Crippen molar-refractivity contribution < 1.29 is 13.2 Å². The molecule has 29 heavy (non-hydrogen) atoms. The lowest BCUT2D eigenvalue weighted by Gasteiger charge is -2.33.